The van der Waals surface area contributed by atoms with Gasteiger partial charge in [0.15, 0.2) is 0 Å². The summed E-state index contributed by atoms with van der Waals surface area (Å²) in [5.74, 6) is 1.62. The Morgan fingerprint density at radius 3 is 1.38 bits per heavy atom. The number of alkyl halides is 3. The quantitative estimate of drug-likeness (QED) is 0.206. The minimum Gasteiger partial charge on any atom is -0.279 e. The summed E-state index contributed by atoms with van der Waals surface area (Å²) in [6.45, 7) is 8.93. The Labute approximate surface area is 211 Å². The third kappa shape index (κ3) is 9.69. The van der Waals surface area contributed by atoms with Gasteiger partial charge in [-0.05, 0) is 105 Å². The molecule has 1 N–H and O–H groups in total. The molecule has 2 saturated carbocycles. The summed E-state index contributed by atoms with van der Waals surface area (Å²) < 4.78 is 57.5. The number of fused-ring (bicyclic) bond motifs is 2. The summed E-state index contributed by atoms with van der Waals surface area (Å²) in [6.07, 6.45) is 19.9. The van der Waals surface area contributed by atoms with E-state index >= 15 is 0 Å². The van der Waals surface area contributed by atoms with Crippen LogP contribution in [-0.2, 0) is 29.6 Å². The maximum atomic E-state index is 10.7. The third-order valence-corrected chi connectivity index (χ3v) is 7.25. The minimum atomic E-state index is -5.84. The Kier molecular flexibility index (Phi) is 11.8. The first-order valence-corrected chi connectivity index (χ1v) is 13.0. The van der Waals surface area contributed by atoms with Crippen molar-refractivity contribution in [3.05, 3.63) is 70.9 Å². The average molecular weight is 596 g/mol. The number of hydrogen-bond donors (Lipinski definition) is 1. The van der Waals surface area contributed by atoms with Crippen molar-refractivity contribution in [3.63, 3.8) is 0 Å². The van der Waals surface area contributed by atoms with Crippen molar-refractivity contribution in [3.8, 4) is 0 Å². The van der Waals surface area contributed by atoms with Crippen LogP contribution in [0.3, 0.4) is 0 Å². The van der Waals surface area contributed by atoms with E-state index in [-0.39, 0.29) is 19.5 Å². The maximum absolute atomic E-state index is 10.7. The van der Waals surface area contributed by atoms with E-state index in [9.17, 15) is 13.2 Å². The smallest absolute Gasteiger partial charge is 0.279 e. The Balaban J connectivity index is 0.000000268. The summed E-state index contributed by atoms with van der Waals surface area (Å²) in [7, 11) is -5.84. The molecule has 4 aliphatic rings. The van der Waals surface area contributed by atoms with Gasteiger partial charge in [-0.25, -0.2) is 0 Å². The van der Waals surface area contributed by atoms with Gasteiger partial charge in [0.05, 0.1) is 0 Å². The molecule has 0 saturated heterocycles. The van der Waals surface area contributed by atoms with Gasteiger partial charge in [0, 0.05) is 10.5 Å². The van der Waals surface area contributed by atoms with Gasteiger partial charge in [-0.1, -0.05) is 12.2 Å². The van der Waals surface area contributed by atoms with Crippen LogP contribution in [-0.4, -0.2) is 29.0 Å². The van der Waals surface area contributed by atoms with Crippen LogP contribution < -0.4 is 0 Å². The standard InChI is InChI=1S/C14H18S2.C7H8.CHF3O3S.Rh/c1-9-5-13(6-10(2)15-9)14-7-11(3)16-12(4)8-14;1-2-7-4-3-6(1)5-7;2-1(3,4)8(5,6)7;/h5-9,11H,1-4H3;1-4,6-7H,5H2;(H,5,6,7);/q;;;+2. The van der Waals surface area contributed by atoms with Gasteiger partial charge in [0.25, 0.3) is 0 Å². The van der Waals surface area contributed by atoms with Crippen LogP contribution in [0.2, 0.25) is 0 Å². The first-order valence-electron chi connectivity index (χ1n) is 9.79. The molecule has 2 unspecified atom stereocenters. The van der Waals surface area contributed by atoms with Gasteiger partial charge in [0.1, 0.15) is 0 Å². The van der Waals surface area contributed by atoms with Crippen molar-refractivity contribution >= 4 is 33.6 Å². The van der Waals surface area contributed by atoms with Crippen LogP contribution in [0.25, 0.3) is 0 Å². The van der Waals surface area contributed by atoms with E-state index in [4.69, 9.17) is 13.0 Å². The Bertz CT molecular complexity index is 819. The first-order chi connectivity index (χ1) is 14.2. The largest absolute Gasteiger partial charge is 2.00 e. The molecule has 2 atom stereocenters. The van der Waals surface area contributed by atoms with Crippen LogP contribution in [0.4, 0.5) is 13.2 Å². The van der Waals surface area contributed by atoms with Crippen molar-refractivity contribution in [1.82, 2.24) is 0 Å². The van der Waals surface area contributed by atoms with E-state index in [0.717, 1.165) is 11.8 Å². The monoisotopic (exact) mass is 595 g/mol. The van der Waals surface area contributed by atoms with Gasteiger partial charge >= 0.3 is 35.1 Å². The van der Waals surface area contributed by atoms with E-state index < -0.39 is 15.6 Å². The van der Waals surface area contributed by atoms with Crippen LogP contribution in [0.1, 0.15) is 34.1 Å². The molecule has 2 bridgehead atoms. The average Bonchev–Trinajstić information content (AvgIpc) is 3.25. The Morgan fingerprint density at radius 1 is 0.875 bits per heavy atom. The van der Waals surface area contributed by atoms with Crippen LogP contribution in [0, 0.1) is 37.5 Å². The van der Waals surface area contributed by atoms with E-state index in [1.54, 1.807) is 0 Å². The van der Waals surface area contributed by atoms with E-state index in [1.807, 2.05) is 23.5 Å². The zero-order valence-electron chi connectivity index (χ0n) is 18.1. The SMILES string of the molecule is CC1=CC(C2=CC(C)SC(C)=C2)=CC(C)S1.O=S(=O)(O)C(F)(F)F.[CH]1[CH]C2[CH][CH]C1C2.[Rh+2]. The molecule has 2 heterocycles. The van der Waals surface area contributed by atoms with Crippen molar-refractivity contribution < 1.29 is 45.6 Å². The Morgan fingerprint density at radius 2 is 1.19 bits per heavy atom. The van der Waals surface area contributed by atoms with Crippen molar-refractivity contribution in [2.45, 2.75) is 50.1 Å². The van der Waals surface area contributed by atoms with Crippen LogP contribution in [0.5, 0.6) is 0 Å². The molecule has 2 fully saturated rings. The number of hydrogen-bond acceptors (Lipinski definition) is 4. The Hall–Kier alpha value is -0.0166. The van der Waals surface area contributed by atoms with Gasteiger partial charge in [-0.2, -0.15) is 21.6 Å². The molecule has 0 amide bonds. The summed E-state index contributed by atoms with van der Waals surface area (Å²) in [5.41, 5.74) is -2.74. The van der Waals surface area contributed by atoms with Gasteiger partial charge in [-0.15, -0.1) is 23.5 Å². The maximum Gasteiger partial charge on any atom is 2.00 e. The summed E-state index contributed by atoms with van der Waals surface area (Å²) >= 11 is 3.88. The molecule has 4 rings (SSSR count). The summed E-state index contributed by atoms with van der Waals surface area (Å²) in [4.78, 5) is 2.84. The second-order valence-corrected chi connectivity index (χ2v) is 12.3. The van der Waals surface area contributed by atoms with Gasteiger partial charge in [-0.3, -0.25) is 4.55 Å². The molecule has 0 aromatic heterocycles. The van der Waals surface area contributed by atoms with Gasteiger partial charge < -0.3 is 0 Å². The predicted octanol–water partition coefficient (Wildman–Crippen LogP) is 6.76. The molecule has 2 aliphatic carbocycles. The van der Waals surface area contributed by atoms with Crippen molar-refractivity contribution in [1.29, 1.82) is 0 Å². The number of allylic oxidation sites excluding steroid dienone is 6. The molecular formula is C22H27F3O3RhS3+2. The van der Waals surface area contributed by atoms with Crippen LogP contribution >= 0.6 is 23.5 Å². The van der Waals surface area contributed by atoms with E-state index in [0.29, 0.717) is 10.5 Å². The fourth-order valence-electron chi connectivity index (χ4n) is 3.45. The normalized spacial score (nSPS) is 29.1. The fourth-order valence-corrected chi connectivity index (χ4v) is 5.44. The molecule has 32 heavy (non-hydrogen) atoms. The molecule has 0 spiro atoms. The number of rotatable bonds is 1. The molecule has 5 radical (unpaired) electrons. The molecule has 3 nitrogen and oxygen atoms in total. The van der Waals surface area contributed by atoms with Crippen LogP contribution in [0.15, 0.2) is 45.3 Å². The second-order valence-electron chi connectivity index (χ2n) is 7.65. The molecule has 2 aliphatic heterocycles. The van der Waals surface area contributed by atoms with Crippen molar-refractivity contribution in [2.75, 3.05) is 0 Å². The first kappa shape index (κ1) is 30.0. The zero-order chi connectivity index (χ0) is 23.4. The third-order valence-electron chi connectivity index (χ3n) is 4.67. The second kappa shape index (κ2) is 12.6. The molecule has 0 aromatic carbocycles. The minimum absolute atomic E-state index is 0. The summed E-state index contributed by atoms with van der Waals surface area (Å²) in [5, 5.41) is 1.19. The van der Waals surface area contributed by atoms with Crippen molar-refractivity contribution in [2.24, 2.45) is 11.8 Å². The predicted molar refractivity (Wildman–Crippen MR) is 124 cm³/mol. The molecule has 10 heteroatoms. The zero-order valence-corrected chi connectivity index (χ0v) is 22.2. The van der Waals surface area contributed by atoms with Gasteiger partial charge in [0.2, 0.25) is 0 Å². The topological polar surface area (TPSA) is 54.4 Å². The number of thioether (sulfide) groups is 2. The van der Waals surface area contributed by atoms with E-state index in [2.05, 4.69) is 77.7 Å². The number of halogens is 3. The molecular weight excluding hydrogens is 568 g/mol. The molecule has 0 aromatic rings. The fraction of sp³-hybridized carbons (Fsp3) is 0.455. The summed E-state index contributed by atoms with van der Waals surface area (Å²) in [6, 6.07) is 0. The van der Waals surface area contributed by atoms with E-state index in [1.165, 1.54) is 27.4 Å². The molecule has 179 valence electrons.